The summed E-state index contributed by atoms with van der Waals surface area (Å²) in [5.74, 6) is -2.85. The minimum atomic E-state index is -2.68. The number of anilines is 1. The van der Waals surface area contributed by atoms with Crippen molar-refractivity contribution in [1.29, 1.82) is 0 Å². The van der Waals surface area contributed by atoms with Gasteiger partial charge in [-0.3, -0.25) is 4.79 Å². The Labute approximate surface area is 164 Å². The van der Waals surface area contributed by atoms with Crippen molar-refractivity contribution < 1.29 is 26.8 Å². The lowest BCUT2D eigenvalue weighted by atomic mass is 10.1. The monoisotopic (exact) mass is 412 g/mol. The third-order valence-corrected chi connectivity index (χ3v) is 5.72. The number of nitrogens with one attached hydrogen (secondary N) is 1. The topological polar surface area (TPSA) is 71.3 Å². The highest BCUT2D eigenvalue weighted by molar-refractivity contribution is 5.84. The molecule has 1 saturated heterocycles. The van der Waals surface area contributed by atoms with Gasteiger partial charge in [-0.25, -0.2) is 17.6 Å². The van der Waals surface area contributed by atoms with E-state index in [9.17, 15) is 22.4 Å². The van der Waals surface area contributed by atoms with Gasteiger partial charge in [0, 0.05) is 30.6 Å². The number of carbonyl (C=O) groups is 1. The van der Waals surface area contributed by atoms with E-state index >= 15 is 0 Å². The minimum Gasteiger partial charge on any atom is -0.403 e. The first kappa shape index (κ1) is 19.7. The molecule has 2 aliphatic rings. The molecule has 6 nitrogen and oxygen atoms in total. The van der Waals surface area contributed by atoms with E-state index in [0.717, 1.165) is 0 Å². The SMILES string of the molecule is CC[C@@H](Nc1nnc(-c2ccc(C(F)F)cc2)o1)C(=O)N1CCC2(C1)CC2(F)F. The van der Waals surface area contributed by atoms with Crippen LogP contribution < -0.4 is 5.32 Å². The zero-order chi connectivity index (χ0) is 20.8. The van der Waals surface area contributed by atoms with E-state index in [1.54, 1.807) is 6.92 Å². The Morgan fingerprint density at radius 2 is 1.97 bits per heavy atom. The van der Waals surface area contributed by atoms with Gasteiger partial charge in [-0.15, -0.1) is 5.10 Å². The highest BCUT2D eigenvalue weighted by Crippen LogP contribution is 2.65. The molecule has 29 heavy (non-hydrogen) atoms. The predicted octanol–water partition coefficient (Wildman–Crippen LogP) is 4.12. The van der Waals surface area contributed by atoms with Gasteiger partial charge >= 0.3 is 6.01 Å². The number of amides is 1. The van der Waals surface area contributed by atoms with Gasteiger partial charge < -0.3 is 14.6 Å². The Balaban J connectivity index is 1.41. The van der Waals surface area contributed by atoms with Crippen molar-refractivity contribution in [2.45, 2.75) is 44.6 Å². The fourth-order valence-electron chi connectivity index (χ4n) is 3.76. The molecular formula is C19H20F4N4O2. The van der Waals surface area contributed by atoms with Crippen molar-refractivity contribution in [1.82, 2.24) is 15.1 Å². The second kappa shape index (κ2) is 7.00. The first-order chi connectivity index (χ1) is 13.7. The van der Waals surface area contributed by atoms with Crippen LogP contribution in [0.4, 0.5) is 23.6 Å². The lowest BCUT2D eigenvalue weighted by molar-refractivity contribution is -0.131. The summed E-state index contributed by atoms with van der Waals surface area (Å²) in [5.41, 5.74) is -0.706. The molecular weight excluding hydrogens is 392 g/mol. The molecule has 2 aromatic rings. The Morgan fingerprint density at radius 3 is 2.52 bits per heavy atom. The van der Waals surface area contributed by atoms with Crippen LogP contribution in [0.5, 0.6) is 0 Å². The number of aromatic nitrogens is 2. The average molecular weight is 412 g/mol. The van der Waals surface area contributed by atoms with Gasteiger partial charge in [0.2, 0.25) is 11.8 Å². The standard InChI is InChI=1S/C19H20F4N4O2/c1-2-13(16(28)27-8-7-18(10-27)9-19(18,22)23)24-17-26-25-15(29-17)12-5-3-11(4-6-12)14(20)21/h3-6,13-14H,2,7-10H2,1H3,(H,24,26)/t13-,18?/m1/s1. The number of nitrogens with zero attached hydrogens (tertiary/aromatic N) is 3. The van der Waals surface area contributed by atoms with Gasteiger partial charge in [0.25, 0.3) is 12.3 Å². The molecule has 156 valence electrons. The zero-order valence-electron chi connectivity index (χ0n) is 15.7. The zero-order valence-corrected chi connectivity index (χ0v) is 15.7. The minimum absolute atomic E-state index is 0.00352. The summed E-state index contributed by atoms with van der Waals surface area (Å²) in [4.78, 5) is 14.2. The summed E-state index contributed by atoms with van der Waals surface area (Å²) >= 11 is 0. The number of hydrogen-bond donors (Lipinski definition) is 1. The van der Waals surface area contributed by atoms with Crippen LogP contribution >= 0.6 is 0 Å². The molecule has 10 heteroatoms. The molecule has 4 rings (SSSR count). The van der Waals surface area contributed by atoms with Gasteiger partial charge in [-0.05, 0) is 25.0 Å². The van der Waals surface area contributed by atoms with E-state index in [4.69, 9.17) is 4.42 Å². The molecule has 2 fully saturated rings. The van der Waals surface area contributed by atoms with Crippen LogP contribution in [-0.2, 0) is 4.79 Å². The lowest BCUT2D eigenvalue weighted by Gasteiger charge is -2.22. The normalized spacial score (nSPS) is 23.6. The van der Waals surface area contributed by atoms with Crippen molar-refractivity contribution in [3.63, 3.8) is 0 Å². The molecule has 0 bridgehead atoms. The molecule has 1 unspecified atom stereocenters. The summed E-state index contributed by atoms with van der Waals surface area (Å²) in [6, 6.07) is 4.75. The first-order valence-electron chi connectivity index (χ1n) is 9.40. The van der Waals surface area contributed by atoms with E-state index in [-0.39, 0.29) is 36.3 Å². The highest BCUT2D eigenvalue weighted by atomic mass is 19.3. The van der Waals surface area contributed by atoms with Crippen molar-refractivity contribution in [3.8, 4) is 11.5 Å². The summed E-state index contributed by atoms with van der Waals surface area (Å²) in [7, 11) is 0. The summed E-state index contributed by atoms with van der Waals surface area (Å²) < 4.78 is 57.9. The third-order valence-electron chi connectivity index (χ3n) is 5.72. The van der Waals surface area contributed by atoms with E-state index in [1.165, 1.54) is 29.2 Å². The fourth-order valence-corrected chi connectivity index (χ4v) is 3.76. The summed E-state index contributed by atoms with van der Waals surface area (Å²) in [6.07, 6.45) is -2.02. The number of likely N-dealkylation sites (tertiary alicyclic amines) is 1. The maximum Gasteiger partial charge on any atom is 0.316 e. The van der Waals surface area contributed by atoms with Gasteiger partial charge in [-0.1, -0.05) is 24.2 Å². The number of carbonyl (C=O) groups excluding carboxylic acids is 1. The number of benzene rings is 1. The largest absolute Gasteiger partial charge is 0.403 e. The molecule has 1 aliphatic carbocycles. The van der Waals surface area contributed by atoms with Crippen molar-refractivity contribution in [2.24, 2.45) is 5.41 Å². The Kier molecular flexibility index (Phi) is 4.74. The van der Waals surface area contributed by atoms with Crippen LogP contribution in [0.15, 0.2) is 28.7 Å². The number of hydrogen-bond acceptors (Lipinski definition) is 5. The molecule has 1 N–H and O–H groups in total. The molecule has 1 aliphatic heterocycles. The average Bonchev–Trinajstić information content (AvgIpc) is 3.10. The molecule has 2 atom stereocenters. The van der Waals surface area contributed by atoms with E-state index < -0.39 is 23.8 Å². The Bertz CT molecular complexity index is 902. The molecule has 0 radical (unpaired) electrons. The first-order valence-corrected chi connectivity index (χ1v) is 9.40. The quantitative estimate of drug-likeness (QED) is 0.723. The summed E-state index contributed by atoms with van der Waals surface area (Å²) in [6.45, 7) is 2.15. The van der Waals surface area contributed by atoms with Crippen LogP contribution in [-0.4, -0.2) is 46.1 Å². The number of halogens is 4. The Morgan fingerprint density at radius 1 is 1.28 bits per heavy atom. The predicted molar refractivity (Wildman–Crippen MR) is 95.6 cm³/mol. The lowest BCUT2D eigenvalue weighted by Crippen LogP contribution is -2.42. The van der Waals surface area contributed by atoms with Gasteiger partial charge in [0.05, 0.1) is 5.41 Å². The van der Waals surface area contributed by atoms with Gasteiger partial charge in [-0.2, -0.15) is 0 Å². The van der Waals surface area contributed by atoms with Crippen molar-refractivity contribution in [3.05, 3.63) is 29.8 Å². The van der Waals surface area contributed by atoms with E-state index in [1.807, 2.05) is 0 Å². The van der Waals surface area contributed by atoms with E-state index in [2.05, 4.69) is 15.5 Å². The second-order valence-electron chi connectivity index (χ2n) is 7.61. The van der Waals surface area contributed by atoms with Crippen LogP contribution in [0.25, 0.3) is 11.5 Å². The maximum absolute atomic E-state index is 13.6. The van der Waals surface area contributed by atoms with Crippen molar-refractivity contribution >= 4 is 11.9 Å². The second-order valence-corrected chi connectivity index (χ2v) is 7.61. The van der Waals surface area contributed by atoms with E-state index in [0.29, 0.717) is 24.9 Å². The van der Waals surface area contributed by atoms with Crippen LogP contribution in [0.2, 0.25) is 0 Å². The van der Waals surface area contributed by atoms with Gasteiger partial charge in [0.1, 0.15) is 6.04 Å². The van der Waals surface area contributed by atoms with Crippen LogP contribution in [0.3, 0.4) is 0 Å². The molecule has 1 aromatic carbocycles. The summed E-state index contributed by atoms with van der Waals surface area (Å²) in [5, 5.41) is 10.6. The third kappa shape index (κ3) is 3.56. The molecule has 1 saturated carbocycles. The smallest absolute Gasteiger partial charge is 0.316 e. The molecule has 2 heterocycles. The van der Waals surface area contributed by atoms with Crippen LogP contribution in [0, 0.1) is 5.41 Å². The maximum atomic E-state index is 13.6. The highest BCUT2D eigenvalue weighted by Gasteiger charge is 2.73. The molecule has 1 aromatic heterocycles. The Hall–Kier alpha value is -2.65. The number of alkyl halides is 4. The molecule has 1 spiro atoms. The van der Waals surface area contributed by atoms with Gasteiger partial charge in [0.15, 0.2) is 0 Å². The molecule has 1 amide bonds. The fraction of sp³-hybridized carbons (Fsp3) is 0.526. The number of rotatable bonds is 6. The van der Waals surface area contributed by atoms with Crippen molar-refractivity contribution in [2.75, 3.05) is 18.4 Å². The van der Waals surface area contributed by atoms with Crippen LogP contribution in [0.1, 0.15) is 38.2 Å².